The molecule has 1 aromatic carbocycles. The quantitative estimate of drug-likeness (QED) is 0.195. The highest BCUT2D eigenvalue weighted by Gasteiger charge is 2.68. The van der Waals surface area contributed by atoms with Gasteiger partial charge in [-0.15, -0.1) is 0 Å². The average molecular weight is 552 g/mol. The van der Waals surface area contributed by atoms with Crippen molar-refractivity contribution in [3.63, 3.8) is 0 Å². The molecule has 3 aliphatic rings. The second-order valence-corrected chi connectivity index (χ2v) is 17.3. The molecule has 3 fully saturated rings. The molecule has 2 N–H and O–H groups in total. The molecule has 0 unspecified atom stereocenters. The van der Waals surface area contributed by atoms with E-state index >= 15 is 0 Å². The van der Waals surface area contributed by atoms with Crippen LogP contribution in [0.25, 0.3) is 11.1 Å². The monoisotopic (exact) mass is 551 g/mol. The number of alkyl halides is 1. The van der Waals surface area contributed by atoms with Crippen LogP contribution < -0.4 is 15.4 Å². The molecule has 0 aliphatic heterocycles. The number of pyridine rings is 1. The molecule has 6 nitrogen and oxygen atoms in total. The van der Waals surface area contributed by atoms with Crippen molar-refractivity contribution in [3.05, 3.63) is 40.8 Å². The normalized spacial score (nSPS) is 22.6. The Morgan fingerprint density at radius 1 is 1.16 bits per heavy atom. The van der Waals surface area contributed by atoms with Gasteiger partial charge < -0.3 is 19.8 Å². The number of nitrogens with one attached hydrogen (secondary N) is 2. The topological polar surface area (TPSA) is 72.5 Å². The molecular formula is C27H36ClF2N3O3Si. The van der Waals surface area contributed by atoms with Crippen molar-refractivity contribution >= 4 is 31.6 Å². The zero-order chi connectivity index (χ0) is 27.2. The summed E-state index contributed by atoms with van der Waals surface area (Å²) < 4.78 is 40.4. The lowest BCUT2D eigenvalue weighted by Crippen LogP contribution is -2.68. The maximum atomic E-state index is 14.7. The molecule has 10 heteroatoms. The van der Waals surface area contributed by atoms with E-state index in [0.29, 0.717) is 61.6 Å². The van der Waals surface area contributed by atoms with E-state index in [9.17, 15) is 13.6 Å². The van der Waals surface area contributed by atoms with Gasteiger partial charge in [0.2, 0.25) is 5.88 Å². The number of halogens is 3. The van der Waals surface area contributed by atoms with Crippen LogP contribution in [0.3, 0.4) is 0 Å². The number of aryl methyl sites for hydroxylation is 1. The Morgan fingerprint density at radius 3 is 2.46 bits per heavy atom. The molecule has 0 spiro atoms. The van der Waals surface area contributed by atoms with E-state index in [1.807, 2.05) is 0 Å². The number of rotatable bonds is 9. The number of nitrogens with zero attached hydrogens (tertiary/aromatic N) is 1. The van der Waals surface area contributed by atoms with Gasteiger partial charge in [-0.2, -0.15) is 0 Å². The number of carbonyl (C=O) groups excluding carboxylic acids is 1. The highest BCUT2D eigenvalue weighted by atomic mass is 35.5. The standard InChI is InChI=1S/C27H36ClF2N3O3Si/c1-17-9-20(29)21(32-24(34)31-16-26-13-27(30,14-26)15-26)12-19(17)18-10-22(28)33-23(11-18)35-7-8-36-37(5,6)25(2,3)4/h9-12H,7-8,13-16H2,1-6H3,(H2,31,32,34). The first-order valence-electron chi connectivity index (χ1n) is 12.6. The summed E-state index contributed by atoms with van der Waals surface area (Å²) in [7, 11) is -1.89. The zero-order valence-corrected chi connectivity index (χ0v) is 24.1. The molecule has 2 bridgehead atoms. The summed E-state index contributed by atoms with van der Waals surface area (Å²) in [6.07, 6.45) is 1.46. The van der Waals surface area contributed by atoms with Crippen LogP contribution in [0.4, 0.5) is 19.3 Å². The molecular weight excluding hydrogens is 516 g/mol. The lowest BCUT2D eigenvalue weighted by Gasteiger charge is -2.65. The van der Waals surface area contributed by atoms with Crippen LogP contribution in [0, 0.1) is 18.2 Å². The summed E-state index contributed by atoms with van der Waals surface area (Å²) in [5.74, 6) is -0.217. The number of hydrogen-bond donors (Lipinski definition) is 2. The van der Waals surface area contributed by atoms with Gasteiger partial charge in [-0.3, -0.25) is 0 Å². The highest BCUT2D eigenvalue weighted by Crippen LogP contribution is 2.69. The molecule has 3 saturated carbocycles. The third-order valence-corrected chi connectivity index (χ3v) is 12.7. The van der Waals surface area contributed by atoms with Crippen molar-refractivity contribution in [2.45, 2.75) is 70.8 Å². The summed E-state index contributed by atoms with van der Waals surface area (Å²) in [6.45, 7) is 13.8. The average Bonchev–Trinajstić information content (AvgIpc) is 2.73. The largest absolute Gasteiger partial charge is 0.475 e. The Bertz CT molecular complexity index is 1180. The van der Waals surface area contributed by atoms with E-state index in [4.69, 9.17) is 20.8 Å². The maximum absolute atomic E-state index is 14.7. The molecule has 0 atom stereocenters. The molecule has 202 valence electrons. The molecule has 1 heterocycles. The summed E-state index contributed by atoms with van der Waals surface area (Å²) in [5, 5.41) is 5.67. The lowest BCUT2D eigenvalue weighted by atomic mass is 9.42. The summed E-state index contributed by atoms with van der Waals surface area (Å²) in [4.78, 5) is 16.7. The van der Waals surface area contributed by atoms with Crippen LogP contribution in [0.15, 0.2) is 24.3 Å². The van der Waals surface area contributed by atoms with Crippen LogP contribution in [-0.4, -0.2) is 44.8 Å². The Morgan fingerprint density at radius 2 is 1.84 bits per heavy atom. The third-order valence-electron chi connectivity index (χ3n) is 7.95. The van der Waals surface area contributed by atoms with Gasteiger partial charge in [0.05, 0.1) is 12.3 Å². The van der Waals surface area contributed by atoms with Crippen LogP contribution in [0.2, 0.25) is 23.3 Å². The Hall–Kier alpha value is -2.23. The number of ether oxygens (including phenoxy) is 1. The minimum atomic E-state index is -1.89. The van der Waals surface area contributed by atoms with Crippen molar-refractivity contribution in [1.29, 1.82) is 0 Å². The predicted octanol–water partition coefficient (Wildman–Crippen LogP) is 7.26. The van der Waals surface area contributed by atoms with E-state index in [0.717, 1.165) is 0 Å². The maximum Gasteiger partial charge on any atom is 0.319 e. The summed E-state index contributed by atoms with van der Waals surface area (Å²) >= 11 is 6.27. The molecule has 5 rings (SSSR count). The van der Waals surface area contributed by atoms with Crippen LogP contribution in [0.5, 0.6) is 5.88 Å². The Kier molecular flexibility index (Phi) is 7.37. The number of benzene rings is 1. The summed E-state index contributed by atoms with van der Waals surface area (Å²) in [6, 6.07) is 5.81. The number of carbonyl (C=O) groups is 1. The fraction of sp³-hybridized carbons (Fsp3) is 0.556. The lowest BCUT2D eigenvalue weighted by molar-refractivity contribution is -0.208. The minimum absolute atomic E-state index is 0.0378. The van der Waals surface area contributed by atoms with Gasteiger partial charge in [-0.1, -0.05) is 32.4 Å². The second-order valence-electron chi connectivity index (χ2n) is 12.1. The number of amides is 2. The van der Waals surface area contributed by atoms with Crippen molar-refractivity contribution in [2.75, 3.05) is 25.1 Å². The van der Waals surface area contributed by atoms with Gasteiger partial charge in [-0.05, 0) is 84.6 Å². The van der Waals surface area contributed by atoms with E-state index in [2.05, 4.69) is 49.5 Å². The highest BCUT2D eigenvalue weighted by molar-refractivity contribution is 6.74. The van der Waals surface area contributed by atoms with Gasteiger partial charge in [0.15, 0.2) is 8.32 Å². The SMILES string of the molecule is Cc1cc(F)c(NC(=O)NCC23CC(F)(C2)C3)cc1-c1cc(Cl)nc(OCCO[Si](C)(C)C(C)(C)C)c1. The Labute approximate surface area is 223 Å². The van der Waals surface area contributed by atoms with Gasteiger partial charge in [0.1, 0.15) is 23.2 Å². The van der Waals surface area contributed by atoms with Crippen molar-refractivity contribution < 1.29 is 22.7 Å². The number of hydrogen-bond acceptors (Lipinski definition) is 4. The van der Waals surface area contributed by atoms with Crippen LogP contribution >= 0.6 is 11.6 Å². The zero-order valence-electron chi connectivity index (χ0n) is 22.4. The van der Waals surface area contributed by atoms with E-state index < -0.39 is 25.8 Å². The van der Waals surface area contributed by atoms with Crippen molar-refractivity contribution in [2.24, 2.45) is 5.41 Å². The van der Waals surface area contributed by atoms with Gasteiger partial charge in [0, 0.05) is 12.6 Å². The third kappa shape index (κ3) is 6.10. The number of urea groups is 1. The second kappa shape index (κ2) is 9.82. The predicted molar refractivity (Wildman–Crippen MR) is 145 cm³/mol. The van der Waals surface area contributed by atoms with Crippen molar-refractivity contribution in [1.82, 2.24) is 10.3 Å². The first-order chi connectivity index (χ1) is 17.1. The smallest absolute Gasteiger partial charge is 0.319 e. The molecule has 37 heavy (non-hydrogen) atoms. The van der Waals surface area contributed by atoms with Crippen LogP contribution in [-0.2, 0) is 4.43 Å². The van der Waals surface area contributed by atoms with Gasteiger partial charge in [0.25, 0.3) is 0 Å². The van der Waals surface area contributed by atoms with Crippen LogP contribution in [0.1, 0.15) is 45.6 Å². The first kappa shape index (κ1) is 27.8. The Balaban J connectivity index is 1.41. The molecule has 2 amide bonds. The van der Waals surface area contributed by atoms with E-state index in [-0.39, 0.29) is 21.3 Å². The van der Waals surface area contributed by atoms with E-state index in [1.54, 1.807) is 25.1 Å². The number of aromatic nitrogens is 1. The summed E-state index contributed by atoms with van der Waals surface area (Å²) in [5.41, 5.74) is 0.909. The molecule has 2 aromatic rings. The number of anilines is 1. The van der Waals surface area contributed by atoms with Crippen molar-refractivity contribution in [3.8, 4) is 17.0 Å². The molecule has 0 radical (unpaired) electrons. The fourth-order valence-corrected chi connectivity index (χ4v) is 6.15. The minimum Gasteiger partial charge on any atom is -0.475 e. The van der Waals surface area contributed by atoms with Gasteiger partial charge in [-0.25, -0.2) is 18.6 Å². The fourth-order valence-electron chi connectivity index (χ4n) is 4.92. The van der Waals surface area contributed by atoms with E-state index in [1.165, 1.54) is 6.07 Å². The van der Waals surface area contributed by atoms with Gasteiger partial charge >= 0.3 is 6.03 Å². The molecule has 0 saturated heterocycles. The molecule has 1 aromatic heterocycles. The first-order valence-corrected chi connectivity index (χ1v) is 15.9. The molecule has 3 aliphatic carbocycles.